The number of nitrogens with zero attached hydrogens (tertiary/aromatic N) is 7. The molecule has 13 heteroatoms. The monoisotopic (exact) mass is 552 g/mol. The first kappa shape index (κ1) is 26.2. The van der Waals surface area contributed by atoms with E-state index >= 15 is 0 Å². The molecule has 1 aromatic carbocycles. The number of carboxylic acids is 1. The van der Waals surface area contributed by atoms with Gasteiger partial charge in [-0.1, -0.05) is 42.1 Å². The van der Waals surface area contributed by atoms with E-state index < -0.39 is 12.0 Å². The number of hydrogen-bond acceptors (Lipinski definition) is 10. The van der Waals surface area contributed by atoms with Crippen LogP contribution >= 0.6 is 23.5 Å². The zero-order chi connectivity index (χ0) is 26.6. The zero-order valence-corrected chi connectivity index (χ0v) is 22.7. The molecule has 5 rings (SSSR count). The van der Waals surface area contributed by atoms with Crippen LogP contribution in [0, 0.1) is 0 Å². The molecule has 2 aromatic heterocycles. The van der Waals surface area contributed by atoms with Crippen LogP contribution in [0.2, 0.25) is 0 Å². The number of carbonyl (C=O) groups excluding carboxylic acids is 2. The van der Waals surface area contributed by atoms with E-state index in [1.165, 1.54) is 22.2 Å². The lowest BCUT2D eigenvalue weighted by Crippen LogP contribution is -2.68. The number of aromatic nitrogens is 5. The van der Waals surface area contributed by atoms with Gasteiger partial charge in [-0.3, -0.25) is 9.69 Å². The highest BCUT2D eigenvalue weighted by molar-refractivity contribution is 8.01. The molecule has 11 nitrogen and oxygen atoms in total. The van der Waals surface area contributed by atoms with E-state index in [4.69, 9.17) is 0 Å². The first-order valence-corrected chi connectivity index (χ1v) is 14.2. The normalized spacial score (nSPS) is 18.9. The predicted molar refractivity (Wildman–Crippen MR) is 142 cm³/mol. The highest BCUT2D eigenvalue weighted by Gasteiger charge is 2.52. The second-order valence-electron chi connectivity index (χ2n) is 9.29. The fourth-order valence-corrected chi connectivity index (χ4v) is 6.69. The number of hydrogen-bond donors (Lipinski definition) is 1. The van der Waals surface area contributed by atoms with Gasteiger partial charge in [0.05, 0.1) is 18.2 Å². The van der Waals surface area contributed by atoms with Crippen molar-refractivity contribution in [2.45, 2.75) is 29.7 Å². The lowest BCUT2D eigenvalue weighted by atomic mass is 10.0. The minimum atomic E-state index is -1.34. The van der Waals surface area contributed by atoms with Gasteiger partial charge in [-0.05, 0) is 30.1 Å². The number of rotatable bonds is 11. The summed E-state index contributed by atoms with van der Waals surface area (Å²) in [5, 5.41) is 27.5. The number of thioether (sulfide) groups is 2. The van der Waals surface area contributed by atoms with Gasteiger partial charge in [0.15, 0.2) is 18.9 Å². The Hall–Kier alpha value is -3.42. The molecule has 2 aliphatic heterocycles. The number of benzene rings is 1. The van der Waals surface area contributed by atoms with Gasteiger partial charge in [-0.2, -0.15) is 0 Å². The molecule has 1 fully saturated rings. The molecule has 1 saturated heterocycles. The van der Waals surface area contributed by atoms with Crippen LogP contribution in [-0.4, -0.2) is 85.4 Å². The number of aliphatic carboxylic acids is 1. The third-order valence-electron chi connectivity index (χ3n) is 6.30. The quantitative estimate of drug-likeness (QED) is 0.198. The molecule has 0 bridgehead atoms. The predicted octanol–water partition coefficient (Wildman–Crippen LogP) is 0.0624. The molecule has 0 spiro atoms. The minimum absolute atomic E-state index is 0.0367. The van der Waals surface area contributed by atoms with Crippen LogP contribution in [0.3, 0.4) is 0 Å². The molecule has 4 heterocycles. The Morgan fingerprint density at radius 2 is 2.00 bits per heavy atom. The number of carboxylic acid groups (broad SMARTS) is 1. The largest absolute Gasteiger partial charge is 0.543 e. The van der Waals surface area contributed by atoms with Crippen LogP contribution < -0.4 is 15.0 Å². The highest BCUT2D eigenvalue weighted by atomic mass is 32.2. The second kappa shape index (κ2) is 11.5. The number of likely N-dealkylation sites (N-methyl/N-ethyl adjacent to an activating group) is 1. The first-order chi connectivity index (χ1) is 18.4. The topological polar surface area (TPSA) is 123 Å². The Bertz CT molecular complexity index is 1330. The Morgan fingerprint density at radius 1 is 1.24 bits per heavy atom. The number of tetrazole rings is 1. The van der Waals surface area contributed by atoms with Gasteiger partial charge >= 0.3 is 0 Å². The van der Waals surface area contributed by atoms with E-state index in [0.717, 1.165) is 18.8 Å². The van der Waals surface area contributed by atoms with E-state index in [-0.39, 0.29) is 17.0 Å². The van der Waals surface area contributed by atoms with Crippen LogP contribution in [0.1, 0.15) is 5.56 Å². The van der Waals surface area contributed by atoms with Crippen molar-refractivity contribution in [3.63, 3.8) is 0 Å². The van der Waals surface area contributed by atoms with Gasteiger partial charge in [-0.25, -0.2) is 9.25 Å². The SMILES string of the molecule is CN(C)CCn1nnnc1SCC1=C(C(=O)[O-])N2C(=O)[C@@H](Nc3cc[n+](Cc4ccccc4)cc3)[C@H]2SC1. The highest BCUT2D eigenvalue weighted by Crippen LogP contribution is 2.42. The summed E-state index contributed by atoms with van der Waals surface area (Å²) in [6, 6.07) is 13.5. The van der Waals surface area contributed by atoms with E-state index in [1.54, 1.807) is 16.4 Å². The van der Waals surface area contributed by atoms with Crippen molar-refractivity contribution >= 4 is 41.1 Å². The maximum atomic E-state index is 13.1. The average molecular weight is 553 g/mol. The summed E-state index contributed by atoms with van der Waals surface area (Å²) in [7, 11) is 3.94. The van der Waals surface area contributed by atoms with E-state index in [2.05, 4.69) is 37.5 Å². The number of anilines is 1. The lowest BCUT2D eigenvalue weighted by Gasteiger charge is -2.51. The standard InChI is InChI=1S/C25H28N8O3S2/c1-30(2)12-13-32-25(27-28-29-32)38-16-18-15-37-23-20(22(34)33(23)21(18)24(35)36)26-19-8-10-31(11-9-19)14-17-6-4-3-5-7-17/h3-11,20,23H,12-16H2,1-2H3,(H,35,36)/t20-,23-/m1/s1. The molecule has 3 aromatic rings. The van der Waals surface area contributed by atoms with Gasteiger partial charge in [0, 0.05) is 41.4 Å². The fraction of sp³-hybridized carbons (Fsp3) is 0.360. The fourth-order valence-electron chi connectivity index (χ4n) is 4.30. The van der Waals surface area contributed by atoms with Gasteiger partial charge in [0.1, 0.15) is 11.4 Å². The molecule has 0 saturated carbocycles. The van der Waals surface area contributed by atoms with E-state index in [1.807, 2.05) is 61.7 Å². The zero-order valence-electron chi connectivity index (χ0n) is 21.1. The summed E-state index contributed by atoms with van der Waals surface area (Å²) in [6.45, 7) is 2.14. The van der Waals surface area contributed by atoms with Crippen molar-refractivity contribution in [2.24, 2.45) is 0 Å². The Balaban J connectivity index is 1.23. The molecule has 0 unspecified atom stereocenters. The third kappa shape index (κ3) is 5.69. The molecule has 2 atom stereocenters. The maximum Gasteiger partial charge on any atom is 0.253 e. The van der Waals surface area contributed by atoms with Crippen molar-refractivity contribution in [3.8, 4) is 0 Å². The van der Waals surface area contributed by atoms with Crippen molar-refractivity contribution in [1.82, 2.24) is 30.0 Å². The summed E-state index contributed by atoms with van der Waals surface area (Å²) in [6.07, 6.45) is 3.91. The maximum absolute atomic E-state index is 13.1. The molecule has 38 heavy (non-hydrogen) atoms. The van der Waals surface area contributed by atoms with Crippen LogP contribution in [0.15, 0.2) is 71.3 Å². The second-order valence-corrected chi connectivity index (χ2v) is 11.3. The van der Waals surface area contributed by atoms with Crippen molar-refractivity contribution in [3.05, 3.63) is 71.7 Å². The Labute approximate surface area is 228 Å². The lowest BCUT2D eigenvalue weighted by molar-refractivity contribution is -0.688. The summed E-state index contributed by atoms with van der Waals surface area (Å²) < 4.78 is 3.75. The molecule has 2 aliphatic rings. The Morgan fingerprint density at radius 3 is 2.71 bits per heavy atom. The summed E-state index contributed by atoms with van der Waals surface area (Å²) in [5.74, 6) is -0.784. The van der Waals surface area contributed by atoms with Crippen LogP contribution in [0.25, 0.3) is 0 Å². The van der Waals surface area contributed by atoms with E-state index in [9.17, 15) is 14.7 Å². The molecule has 1 N–H and O–H groups in total. The molecule has 0 radical (unpaired) electrons. The van der Waals surface area contributed by atoms with Crippen LogP contribution in [0.4, 0.5) is 5.69 Å². The van der Waals surface area contributed by atoms with E-state index in [0.29, 0.717) is 28.8 Å². The summed E-state index contributed by atoms with van der Waals surface area (Å²) >= 11 is 2.90. The Kier molecular flexibility index (Phi) is 7.95. The third-order valence-corrected chi connectivity index (χ3v) is 8.68. The van der Waals surface area contributed by atoms with Gasteiger partial charge in [0.2, 0.25) is 5.16 Å². The van der Waals surface area contributed by atoms with Gasteiger partial charge in [-0.15, -0.1) is 16.9 Å². The molecular weight excluding hydrogens is 524 g/mol. The first-order valence-electron chi connectivity index (χ1n) is 12.1. The van der Waals surface area contributed by atoms with Crippen molar-refractivity contribution in [2.75, 3.05) is 37.5 Å². The van der Waals surface area contributed by atoms with Crippen LogP contribution in [0.5, 0.6) is 0 Å². The smallest absolute Gasteiger partial charge is 0.253 e. The van der Waals surface area contributed by atoms with Crippen molar-refractivity contribution in [1.29, 1.82) is 0 Å². The number of nitrogens with one attached hydrogen (secondary N) is 1. The minimum Gasteiger partial charge on any atom is -0.543 e. The van der Waals surface area contributed by atoms with Gasteiger partial charge in [0.25, 0.3) is 5.91 Å². The number of pyridine rings is 1. The van der Waals surface area contributed by atoms with Gasteiger partial charge < -0.3 is 20.1 Å². The molecular formula is C25H28N8O3S2. The molecule has 198 valence electrons. The number of amides is 1. The molecule has 0 aliphatic carbocycles. The molecule has 1 amide bonds. The number of β-lactam (4-membered cyclic amide) rings is 1. The number of carbonyl (C=O) groups is 2. The van der Waals surface area contributed by atoms with Crippen LogP contribution in [-0.2, 0) is 22.7 Å². The summed E-state index contributed by atoms with van der Waals surface area (Å²) in [5.41, 5.74) is 2.59. The number of fused-ring (bicyclic) bond motifs is 1. The van der Waals surface area contributed by atoms with Crippen molar-refractivity contribution < 1.29 is 19.3 Å². The summed E-state index contributed by atoms with van der Waals surface area (Å²) in [4.78, 5) is 28.6. The average Bonchev–Trinajstić information content (AvgIpc) is 3.37.